The molecule has 3 nitrogen and oxygen atoms in total. The molecule has 1 N–H and O–H groups in total. The number of thioether (sulfide) groups is 1. The average Bonchev–Trinajstić information content (AvgIpc) is 3.02. The molecule has 1 aliphatic rings. The number of hydrogen-bond donors (Lipinski definition) is 1. The van der Waals surface area contributed by atoms with Crippen molar-refractivity contribution in [3.8, 4) is 0 Å². The molecule has 0 unspecified atom stereocenters. The maximum absolute atomic E-state index is 12.2. The first-order chi connectivity index (χ1) is 11.7. The van der Waals surface area contributed by atoms with Crippen LogP contribution in [0, 0.1) is 0 Å². The quantitative estimate of drug-likeness (QED) is 0.795. The molecule has 0 radical (unpaired) electrons. The first-order valence-electron chi connectivity index (χ1n) is 8.13. The van der Waals surface area contributed by atoms with Crippen LogP contribution < -0.4 is 5.32 Å². The van der Waals surface area contributed by atoms with Crippen molar-refractivity contribution >= 4 is 29.3 Å². The molecular weight excluding hydrogens is 340 g/mol. The summed E-state index contributed by atoms with van der Waals surface area (Å²) in [5.41, 5.74) is 1.32. The Bertz CT molecular complexity index is 680. The van der Waals surface area contributed by atoms with Gasteiger partial charge in [0.15, 0.2) is 0 Å². The highest BCUT2D eigenvalue weighted by Gasteiger charge is 2.23. The predicted octanol–water partition coefficient (Wildman–Crippen LogP) is 3.82. The summed E-state index contributed by atoms with van der Waals surface area (Å²) in [5.74, 6) is 0.477. The molecular formula is C19H21ClN2OS. The van der Waals surface area contributed by atoms with Gasteiger partial charge in [0.05, 0.1) is 10.8 Å². The number of amides is 1. The lowest BCUT2D eigenvalue weighted by Crippen LogP contribution is -2.37. The van der Waals surface area contributed by atoms with E-state index in [1.807, 2.05) is 30.3 Å². The van der Waals surface area contributed by atoms with Crippen molar-refractivity contribution in [3.05, 3.63) is 65.2 Å². The maximum Gasteiger partial charge on any atom is 0.230 e. The minimum atomic E-state index is 0.0754. The number of nitrogens with one attached hydrogen (secondary N) is 1. The Hall–Kier alpha value is -1.49. The van der Waals surface area contributed by atoms with Crippen LogP contribution in [0.3, 0.4) is 0 Å². The Morgan fingerprint density at radius 3 is 2.71 bits per heavy atom. The third kappa shape index (κ3) is 5.00. The molecule has 24 heavy (non-hydrogen) atoms. The zero-order valence-electron chi connectivity index (χ0n) is 13.5. The van der Waals surface area contributed by atoms with Gasteiger partial charge in [-0.1, -0.05) is 54.1 Å². The summed E-state index contributed by atoms with van der Waals surface area (Å²) >= 11 is 7.60. The predicted molar refractivity (Wildman–Crippen MR) is 100 cm³/mol. The molecule has 126 valence electrons. The summed E-state index contributed by atoms with van der Waals surface area (Å²) in [7, 11) is 0. The maximum atomic E-state index is 12.2. The Kier molecular flexibility index (Phi) is 6.18. The zero-order valence-corrected chi connectivity index (χ0v) is 15.0. The Balaban J connectivity index is 1.42. The van der Waals surface area contributed by atoms with E-state index in [0.29, 0.717) is 10.8 Å². The van der Waals surface area contributed by atoms with Crippen LogP contribution in [0.1, 0.15) is 12.0 Å². The summed E-state index contributed by atoms with van der Waals surface area (Å²) in [5, 5.41) is 3.84. The number of carbonyl (C=O) groups is 1. The lowest BCUT2D eigenvalue weighted by molar-refractivity contribution is -0.119. The van der Waals surface area contributed by atoms with Crippen molar-refractivity contribution in [2.45, 2.75) is 23.9 Å². The molecule has 1 aliphatic heterocycles. The smallest absolute Gasteiger partial charge is 0.230 e. The van der Waals surface area contributed by atoms with Gasteiger partial charge in [0.1, 0.15) is 0 Å². The van der Waals surface area contributed by atoms with Crippen LogP contribution in [0.15, 0.2) is 59.5 Å². The number of likely N-dealkylation sites (tertiary alicyclic amines) is 1. The normalized spacial score (nSPS) is 17.8. The molecule has 0 saturated carbocycles. The number of benzene rings is 2. The summed E-state index contributed by atoms with van der Waals surface area (Å²) in [4.78, 5) is 15.5. The molecule has 2 aromatic rings. The summed E-state index contributed by atoms with van der Waals surface area (Å²) in [6, 6.07) is 18.3. The van der Waals surface area contributed by atoms with Crippen LogP contribution in [0.4, 0.5) is 0 Å². The molecule has 1 saturated heterocycles. The van der Waals surface area contributed by atoms with E-state index in [1.54, 1.807) is 0 Å². The van der Waals surface area contributed by atoms with Crippen LogP contribution in [-0.4, -0.2) is 35.7 Å². The van der Waals surface area contributed by atoms with Crippen molar-refractivity contribution < 1.29 is 4.79 Å². The molecule has 0 aromatic heterocycles. The van der Waals surface area contributed by atoms with Crippen LogP contribution >= 0.6 is 23.4 Å². The first-order valence-corrected chi connectivity index (χ1v) is 9.50. The van der Waals surface area contributed by atoms with E-state index in [2.05, 4.69) is 34.5 Å². The van der Waals surface area contributed by atoms with Gasteiger partial charge in [0.2, 0.25) is 5.91 Å². The summed E-state index contributed by atoms with van der Waals surface area (Å²) in [6.07, 6.45) is 1.01. The number of hydrogen-bond acceptors (Lipinski definition) is 3. The van der Waals surface area contributed by atoms with Gasteiger partial charge in [-0.2, -0.15) is 0 Å². The number of carbonyl (C=O) groups excluding carboxylic acids is 1. The molecule has 0 aliphatic carbocycles. The fourth-order valence-electron chi connectivity index (χ4n) is 2.91. The van der Waals surface area contributed by atoms with Crippen molar-refractivity contribution in [2.24, 2.45) is 0 Å². The van der Waals surface area contributed by atoms with Gasteiger partial charge in [-0.05, 0) is 24.1 Å². The first kappa shape index (κ1) is 17.3. The molecule has 0 bridgehead atoms. The van der Waals surface area contributed by atoms with Gasteiger partial charge in [-0.15, -0.1) is 11.8 Å². The van der Waals surface area contributed by atoms with E-state index >= 15 is 0 Å². The minimum Gasteiger partial charge on any atom is -0.351 e. The molecule has 1 heterocycles. The van der Waals surface area contributed by atoms with E-state index in [1.165, 1.54) is 17.3 Å². The Morgan fingerprint density at radius 2 is 1.92 bits per heavy atom. The third-order valence-corrected chi connectivity index (χ3v) is 5.60. The average molecular weight is 361 g/mol. The lowest BCUT2D eigenvalue weighted by Gasteiger charge is -2.16. The second-order valence-corrected chi connectivity index (χ2v) is 7.42. The van der Waals surface area contributed by atoms with E-state index in [9.17, 15) is 4.79 Å². The topological polar surface area (TPSA) is 32.3 Å². The van der Waals surface area contributed by atoms with Crippen molar-refractivity contribution in [1.29, 1.82) is 0 Å². The zero-order chi connectivity index (χ0) is 16.8. The highest BCUT2D eigenvalue weighted by molar-refractivity contribution is 8.00. The SMILES string of the molecule is O=C(CSc1ccccc1Cl)N[C@@H]1CCN(Cc2ccccc2)C1. The highest BCUT2D eigenvalue weighted by Crippen LogP contribution is 2.26. The molecule has 0 spiro atoms. The van der Waals surface area contributed by atoms with Gasteiger partial charge in [-0.3, -0.25) is 9.69 Å². The molecule has 2 aromatic carbocycles. The van der Waals surface area contributed by atoms with E-state index in [-0.39, 0.29) is 11.9 Å². The summed E-state index contributed by atoms with van der Waals surface area (Å²) < 4.78 is 0. The Morgan fingerprint density at radius 1 is 1.17 bits per heavy atom. The van der Waals surface area contributed by atoms with Crippen LogP contribution in [0.25, 0.3) is 0 Å². The standard InChI is InChI=1S/C19H21ClN2OS/c20-17-8-4-5-9-18(17)24-14-19(23)21-16-10-11-22(13-16)12-15-6-2-1-3-7-15/h1-9,16H,10-14H2,(H,21,23)/t16-/m1/s1. The molecule has 1 amide bonds. The molecule has 1 fully saturated rings. The number of nitrogens with zero attached hydrogens (tertiary/aromatic N) is 1. The van der Waals surface area contributed by atoms with E-state index in [0.717, 1.165) is 31.0 Å². The van der Waals surface area contributed by atoms with Crippen molar-refractivity contribution in [3.63, 3.8) is 0 Å². The fraction of sp³-hybridized carbons (Fsp3) is 0.316. The summed E-state index contributed by atoms with van der Waals surface area (Å²) in [6.45, 7) is 2.89. The lowest BCUT2D eigenvalue weighted by atomic mass is 10.2. The van der Waals surface area contributed by atoms with Crippen molar-refractivity contribution in [1.82, 2.24) is 10.2 Å². The largest absolute Gasteiger partial charge is 0.351 e. The van der Waals surface area contributed by atoms with Crippen molar-refractivity contribution in [2.75, 3.05) is 18.8 Å². The van der Waals surface area contributed by atoms with E-state index < -0.39 is 0 Å². The minimum absolute atomic E-state index is 0.0754. The van der Waals surface area contributed by atoms with Crippen LogP contribution in [0.5, 0.6) is 0 Å². The van der Waals surface area contributed by atoms with Gasteiger partial charge in [-0.25, -0.2) is 0 Å². The fourth-order valence-corrected chi connectivity index (χ4v) is 3.96. The molecule has 1 atom stereocenters. The van der Waals surface area contributed by atoms with Gasteiger partial charge in [0, 0.05) is 30.6 Å². The number of rotatable bonds is 6. The molecule has 3 rings (SSSR count). The molecule has 5 heteroatoms. The number of halogens is 1. The second-order valence-electron chi connectivity index (χ2n) is 5.99. The highest BCUT2D eigenvalue weighted by atomic mass is 35.5. The third-order valence-electron chi connectivity index (χ3n) is 4.08. The second kappa shape index (κ2) is 8.56. The Labute approximate surface area is 152 Å². The van der Waals surface area contributed by atoms with Crippen LogP contribution in [0.2, 0.25) is 5.02 Å². The monoisotopic (exact) mass is 360 g/mol. The van der Waals surface area contributed by atoms with Gasteiger partial charge < -0.3 is 5.32 Å². The van der Waals surface area contributed by atoms with E-state index in [4.69, 9.17) is 11.6 Å². The van der Waals surface area contributed by atoms with Crippen LogP contribution in [-0.2, 0) is 11.3 Å². The van der Waals surface area contributed by atoms with Gasteiger partial charge >= 0.3 is 0 Å². The van der Waals surface area contributed by atoms with Gasteiger partial charge in [0.25, 0.3) is 0 Å².